The summed E-state index contributed by atoms with van der Waals surface area (Å²) in [6.07, 6.45) is 0. The fourth-order valence-electron chi connectivity index (χ4n) is 0.837. The number of hydrogen-bond donors (Lipinski definition) is 1. The van der Waals surface area contributed by atoms with E-state index in [1.54, 1.807) is 0 Å². The van der Waals surface area contributed by atoms with Gasteiger partial charge in [0, 0.05) is 11.5 Å². The summed E-state index contributed by atoms with van der Waals surface area (Å²) < 4.78 is 1.11. The smallest absolute Gasteiger partial charge is 0.0607 e. The lowest BCUT2D eigenvalue weighted by atomic mass is 10.3. The molecule has 11 heavy (non-hydrogen) atoms. The molecule has 0 radical (unpaired) electrons. The van der Waals surface area contributed by atoms with Gasteiger partial charge in [0.15, 0.2) is 0 Å². The minimum atomic E-state index is 0.725. The van der Waals surface area contributed by atoms with Gasteiger partial charge in [0.05, 0.1) is 11.6 Å². The lowest BCUT2D eigenvalue weighted by Gasteiger charge is -2.17. The lowest BCUT2D eigenvalue weighted by molar-refractivity contribution is 1.10. The van der Waals surface area contributed by atoms with E-state index in [9.17, 15) is 0 Å². The molecule has 0 heterocycles. The Kier molecular flexibility index (Phi) is 3.27. The number of para-hydroxylation sites is 1. The fraction of sp³-hybridized carbons (Fsp3) is 0.250. The van der Waals surface area contributed by atoms with Crippen LogP contribution in [0.4, 0.5) is 5.69 Å². The number of halogens is 1. The van der Waals surface area contributed by atoms with Crippen molar-refractivity contribution in [3.63, 3.8) is 0 Å². The number of rotatable bonds is 2. The molecular formula is C8H10BrNS. The third-order valence-electron chi connectivity index (χ3n) is 1.48. The third-order valence-corrected chi connectivity index (χ3v) is 2.57. The maximum atomic E-state index is 4.18. The van der Waals surface area contributed by atoms with Crippen LogP contribution in [-0.4, -0.2) is 12.9 Å². The highest BCUT2D eigenvalue weighted by Gasteiger charge is 2.00. The van der Waals surface area contributed by atoms with Crippen LogP contribution in [0, 0.1) is 0 Å². The lowest BCUT2D eigenvalue weighted by Crippen LogP contribution is -2.14. The van der Waals surface area contributed by atoms with Crippen molar-refractivity contribution in [2.24, 2.45) is 0 Å². The SMILES string of the molecule is CN(CS)c1ccccc1Br. The first-order valence-electron chi connectivity index (χ1n) is 3.32. The maximum absolute atomic E-state index is 4.18. The van der Waals surface area contributed by atoms with Gasteiger partial charge in [0.2, 0.25) is 0 Å². The van der Waals surface area contributed by atoms with Crippen molar-refractivity contribution in [3.05, 3.63) is 28.7 Å². The number of benzene rings is 1. The fourth-order valence-corrected chi connectivity index (χ4v) is 1.58. The molecule has 1 aromatic carbocycles. The van der Waals surface area contributed by atoms with Crippen molar-refractivity contribution in [2.45, 2.75) is 0 Å². The molecule has 0 aromatic heterocycles. The van der Waals surface area contributed by atoms with Gasteiger partial charge in [-0.05, 0) is 28.1 Å². The van der Waals surface area contributed by atoms with Gasteiger partial charge in [0.25, 0.3) is 0 Å². The van der Waals surface area contributed by atoms with E-state index in [1.165, 1.54) is 5.69 Å². The van der Waals surface area contributed by atoms with Crippen LogP contribution >= 0.6 is 28.6 Å². The van der Waals surface area contributed by atoms with Gasteiger partial charge in [-0.2, -0.15) is 12.6 Å². The second kappa shape index (κ2) is 4.02. The van der Waals surface area contributed by atoms with Gasteiger partial charge < -0.3 is 4.90 Å². The van der Waals surface area contributed by atoms with Crippen LogP contribution in [0.1, 0.15) is 0 Å². The predicted octanol–water partition coefficient (Wildman–Crippen LogP) is 2.77. The Balaban J connectivity index is 2.93. The van der Waals surface area contributed by atoms with Crippen molar-refractivity contribution in [3.8, 4) is 0 Å². The van der Waals surface area contributed by atoms with Crippen molar-refractivity contribution >= 4 is 34.2 Å². The Hall–Kier alpha value is -0.150. The molecule has 0 saturated carbocycles. The molecule has 3 heteroatoms. The van der Waals surface area contributed by atoms with Crippen molar-refractivity contribution in [1.29, 1.82) is 0 Å². The molecule has 0 saturated heterocycles. The predicted molar refractivity (Wildman–Crippen MR) is 56.4 cm³/mol. The van der Waals surface area contributed by atoms with Crippen LogP contribution in [0.5, 0.6) is 0 Å². The molecule has 0 N–H and O–H groups in total. The highest BCUT2D eigenvalue weighted by molar-refractivity contribution is 9.10. The van der Waals surface area contributed by atoms with E-state index in [0.29, 0.717) is 0 Å². The number of nitrogens with zero attached hydrogens (tertiary/aromatic N) is 1. The monoisotopic (exact) mass is 231 g/mol. The first kappa shape index (κ1) is 8.94. The maximum Gasteiger partial charge on any atom is 0.0607 e. The van der Waals surface area contributed by atoms with E-state index in [4.69, 9.17) is 0 Å². The summed E-state index contributed by atoms with van der Waals surface area (Å²) in [4.78, 5) is 2.06. The molecule has 0 spiro atoms. The van der Waals surface area contributed by atoms with Crippen LogP contribution in [0.3, 0.4) is 0 Å². The Labute approximate surface area is 80.9 Å². The van der Waals surface area contributed by atoms with Crippen molar-refractivity contribution in [1.82, 2.24) is 0 Å². The minimum absolute atomic E-state index is 0.725. The average molecular weight is 232 g/mol. The molecule has 60 valence electrons. The van der Waals surface area contributed by atoms with Crippen LogP contribution < -0.4 is 4.90 Å². The highest BCUT2D eigenvalue weighted by atomic mass is 79.9. The molecule has 1 aromatic rings. The van der Waals surface area contributed by atoms with Crippen LogP contribution in [0.2, 0.25) is 0 Å². The Morgan fingerprint density at radius 2 is 2.09 bits per heavy atom. The number of hydrogen-bond acceptors (Lipinski definition) is 2. The molecule has 0 aliphatic heterocycles. The minimum Gasteiger partial charge on any atom is -0.365 e. The topological polar surface area (TPSA) is 3.24 Å². The summed E-state index contributed by atoms with van der Waals surface area (Å²) in [5, 5.41) is 0. The van der Waals surface area contributed by atoms with Crippen molar-refractivity contribution in [2.75, 3.05) is 17.8 Å². The molecule has 0 unspecified atom stereocenters. The van der Waals surface area contributed by atoms with E-state index in [2.05, 4.69) is 39.5 Å². The first-order chi connectivity index (χ1) is 5.25. The summed E-state index contributed by atoms with van der Waals surface area (Å²) in [5.74, 6) is 0.725. The summed E-state index contributed by atoms with van der Waals surface area (Å²) >= 11 is 7.64. The Bertz CT molecular complexity index is 239. The molecule has 0 atom stereocenters. The first-order valence-corrected chi connectivity index (χ1v) is 4.75. The Morgan fingerprint density at radius 1 is 1.45 bits per heavy atom. The van der Waals surface area contributed by atoms with Gasteiger partial charge >= 0.3 is 0 Å². The van der Waals surface area contributed by atoms with Gasteiger partial charge in [0.1, 0.15) is 0 Å². The van der Waals surface area contributed by atoms with E-state index in [1.807, 2.05) is 25.2 Å². The van der Waals surface area contributed by atoms with Gasteiger partial charge in [-0.1, -0.05) is 12.1 Å². The molecule has 0 fully saturated rings. The molecule has 0 aliphatic rings. The second-order valence-electron chi connectivity index (χ2n) is 2.29. The normalized spacial score (nSPS) is 9.73. The molecule has 0 aliphatic carbocycles. The Morgan fingerprint density at radius 3 is 2.64 bits per heavy atom. The zero-order valence-electron chi connectivity index (χ0n) is 6.29. The number of anilines is 1. The van der Waals surface area contributed by atoms with Crippen LogP contribution in [-0.2, 0) is 0 Å². The van der Waals surface area contributed by atoms with E-state index < -0.39 is 0 Å². The molecule has 0 amide bonds. The standard InChI is InChI=1S/C8H10BrNS/c1-10(6-11)8-5-3-2-4-7(8)9/h2-5,11H,6H2,1H3. The summed E-state index contributed by atoms with van der Waals surface area (Å²) in [6, 6.07) is 8.09. The zero-order valence-corrected chi connectivity index (χ0v) is 8.77. The average Bonchev–Trinajstić information content (AvgIpc) is 2.04. The van der Waals surface area contributed by atoms with Crippen LogP contribution in [0.25, 0.3) is 0 Å². The number of thiol groups is 1. The largest absolute Gasteiger partial charge is 0.365 e. The molecular weight excluding hydrogens is 222 g/mol. The van der Waals surface area contributed by atoms with Crippen LogP contribution in [0.15, 0.2) is 28.7 Å². The quantitative estimate of drug-likeness (QED) is 0.606. The third kappa shape index (κ3) is 2.14. The van der Waals surface area contributed by atoms with Gasteiger partial charge in [-0.25, -0.2) is 0 Å². The van der Waals surface area contributed by atoms with E-state index in [-0.39, 0.29) is 0 Å². The summed E-state index contributed by atoms with van der Waals surface area (Å²) in [7, 11) is 2.01. The summed E-state index contributed by atoms with van der Waals surface area (Å²) in [5.41, 5.74) is 1.17. The molecule has 1 rings (SSSR count). The van der Waals surface area contributed by atoms with E-state index >= 15 is 0 Å². The summed E-state index contributed by atoms with van der Waals surface area (Å²) in [6.45, 7) is 0. The van der Waals surface area contributed by atoms with Crippen molar-refractivity contribution < 1.29 is 0 Å². The van der Waals surface area contributed by atoms with E-state index in [0.717, 1.165) is 10.3 Å². The van der Waals surface area contributed by atoms with Gasteiger partial charge in [-0.3, -0.25) is 0 Å². The highest BCUT2D eigenvalue weighted by Crippen LogP contribution is 2.24. The second-order valence-corrected chi connectivity index (χ2v) is 3.43. The molecule has 0 bridgehead atoms. The molecule has 1 nitrogen and oxygen atoms in total. The van der Waals surface area contributed by atoms with Gasteiger partial charge in [-0.15, -0.1) is 0 Å². The zero-order chi connectivity index (χ0) is 8.27.